The van der Waals surface area contributed by atoms with Gasteiger partial charge in [-0.3, -0.25) is 43.9 Å². The van der Waals surface area contributed by atoms with Gasteiger partial charge in [0.15, 0.2) is 0 Å². The Morgan fingerprint density at radius 3 is 1.45 bits per heavy atom. The number of ether oxygens (including phenoxy) is 2. The first-order valence-corrected chi connectivity index (χ1v) is 25.1. The summed E-state index contributed by atoms with van der Waals surface area (Å²) >= 11 is 0. The molecule has 0 fully saturated rings. The number of carbonyl (C=O) groups excluding carboxylic acids is 8. The molecule has 76 heavy (non-hydrogen) atoms. The second-order valence-corrected chi connectivity index (χ2v) is 20.2. The Kier molecular flexibility index (Phi) is 23.0. The van der Waals surface area contributed by atoms with Crippen molar-refractivity contribution >= 4 is 53.2 Å². The highest BCUT2D eigenvalue weighted by Gasteiger charge is 2.35. The number of nitrogens with zero attached hydrogens (tertiary/aromatic N) is 2. The smallest absolute Gasteiger partial charge is 0.408 e. The van der Waals surface area contributed by atoms with Gasteiger partial charge in [0.05, 0.1) is 4.92 Å². The second-order valence-electron chi connectivity index (χ2n) is 20.2. The first-order chi connectivity index (χ1) is 35.9. The molecule has 1 aromatic heterocycles. The van der Waals surface area contributed by atoms with E-state index in [4.69, 9.17) is 9.47 Å². The number of alkyl carbamates (subject to hydrolysis) is 1. The molecule has 3 aromatic carbocycles. The molecule has 4 rings (SSSR count). The van der Waals surface area contributed by atoms with E-state index in [1.807, 2.05) is 13.8 Å². The molecule has 0 spiro atoms. The number of nitrogens with one attached hydrogen (secondary N) is 7. The van der Waals surface area contributed by atoms with E-state index in [0.717, 1.165) is 0 Å². The lowest BCUT2D eigenvalue weighted by Crippen LogP contribution is -2.60. The van der Waals surface area contributed by atoms with Gasteiger partial charge in [0, 0.05) is 43.8 Å². The Labute approximate surface area is 443 Å². The van der Waals surface area contributed by atoms with Crippen LogP contribution in [0.2, 0.25) is 0 Å². The van der Waals surface area contributed by atoms with Gasteiger partial charge in [-0.2, -0.15) is 0 Å². The van der Waals surface area contributed by atoms with Crippen LogP contribution in [0.5, 0.6) is 0 Å². The normalized spacial score (nSPS) is 14.0. The maximum Gasteiger partial charge on any atom is 0.408 e. The number of aromatic nitrogens is 1. The number of esters is 1. The highest BCUT2D eigenvalue weighted by Crippen LogP contribution is 2.16. The number of rotatable bonds is 26. The number of pyridine rings is 1. The molecule has 408 valence electrons. The minimum atomic E-state index is -1.45. The zero-order valence-corrected chi connectivity index (χ0v) is 44.4. The maximum atomic E-state index is 14.5. The van der Waals surface area contributed by atoms with Crippen LogP contribution < -0.4 is 37.2 Å². The number of nitro groups is 1. The molecule has 1 heterocycles. The van der Waals surface area contributed by atoms with Gasteiger partial charge in [-0.1, -0.05) is 100 Å². The Balaban J connectivity index is 1.54. The summed E-state index contributed by atoms with van der Waals surface area (Å²) in [6.45, 7) is 14.8. The lowest BCUT2D eigenvalue weighted by atomic mass is 9.98. The zero-order valence-electron chi connectivity index (χ0n) is 44.4. The molecular formula is C55H71N9O12. The molecule has 21 heteroatoms. The SMILES string of the molecule is CC(C)CC(NC(=O)C(NC(=O)C(Cc1ccccc1)NC(=O)C(Cc1ccc([N+](=O)[O-])cc1)NC(=O)C(C)NC(=O)C(C)NC(=O)C(Cc1ccccc1)NC(=O)OC(C)(C)C)C(C)C)C(=O)OCc1ccncc1. The summed E-state index contributed by atoms with van der Waals surface area (Å²) in [6, 6.07) is 17.5. The number of benzene rings is 3. The van der Waals surface area contributed by atoms with Gasteiger partial charge >= 0.3 is 12.1 Å². The van der Waals surface area contributed by atoms with Crippen LogP contribution in [0.25, 0.3) is 0 Å². The lowest BCUT2D eigenvalue weighted by Gasteiger charge is -2.28. The minimum absolute atomic E-state index is 0.0361. The van der Waals surface area contributed by atoms with Gasteiger partial charge in [0.2, 0.25) is 35.4 Å². The monoisotopic (exact) mass is 1050 g/mol. The minimum Gasteiger partial charge on any atom is -0.459 e. The largest absolute Gasteiger partial charge is 0.459 e. The Hall–Kier alpha value is -8.23. The number of hydrogen-bond donors (Lipinski definition) is 7. The molecule has 0 aliphatic rings. The van der Waals surface area contributed by atoms with Crippen molar-refractivity contribution in [1.82, 2.24) is 42.2 Å². The van der Waals surface area contributed by atoms with Crippen molar-refractivity contribution in [3.05, 3.63) is 142 Å². The fraction of sp³-hybridized carbons (Fsp3) is 0.436. The molecule has 0 saturated heterocycles. The Morgan fingerprint density at radius 2 is 0.961 bits per heavy atom. The summed E-state index contributed by atoms with van der Waals surface area (Å²) in [5, 5.41) is 30.0. The highest BCUT2D eigenvalue weighted by atomic mass is 16.6. The van der Waals surface area contributed by atoms with Crippen LogP contribution in [0.1, 0.15) is 91.0 Å². The third-order valence-electron chi connectivity index (χ3n) is 11.6. The van der Waals surface area contributed by atoms with Gasteiger partial charge in [-0.25, -0.2) is 9.59 Å². The first kappa shape index (κ1) is 60.3. The van der Waals surface area contributed by atoms with Crippen molar-refractivity contribution in [2.24, 2.45) is 11.8 Å². The number of carbonyl (C=O) groups is 8. The van der Waals surface area contributed by atoms with Crippen molar-refractivity contribution < 1.29 is 52.8 Å². The molecule has 7 N–H and O–H groups in total. The molecule has 7 atom stereocenters. The van der Waals surface area contributed by atoms with Crippen molar-refractivity contribution in [2.75, 3.05) is 0 Å². The van der Waals surface area contributed by atoms with Crippen LogP contribution in [0, 0.1) is 22.0 Å². The van der Waals surface area contributed by atoms with Crippen molar-refractivity contribution in [1.29, 1.82) is 0 Å². The van der Waals surface area contributed by atoms with Gasteiger partial charge in [-0.05, 0) is 87.3 Å². The maximum absolute atomic E-state index is 14.5. The van der Waals surface area contributed by atoms with Crippen LogP contribution >= 0.6 is 0 Å². The number of nitro benzene ring substituents is 1. The molecule has 0 bridgehead atoms. The molecule has 0 saturated carbocycles. The predicted molar refractivity (Wildman–Crippen MR) is 282 cm³/mol. The molecule has 0 radical (unpaired) electrons. The molecule has 21 nitrogen and oxygen atoms in total. The topological polar surface area (TPSA) is 295 Å². The van der Waals surface area contributed by atoms with Crippen LogP contribution in [0.3, 0.4) is 0 Å². The van der Waals surface area contributed by atoms with Crippen LogP contribution in [0.4, 0.5) is 10.5 Å². The summed E-state index contributed by atoms with van der Waals surface area (Å²) in [5.41, 5.74) is 1.34. The number of hydrogen-bond acceptors (Lipinski definition) is 13. The fourth-order valence-corrected chi connectivity index (χ4v) is 7.59. The molecular weight excluding hydrogens is 979 g/mol. The standard InChI is InChI=1S/C55H71N9O12/c1-33(2)28-45(53(71)75-32-40-24-26-56-27-25-40)61-52(70)46(34(3)4)63-51(69)43(29-37-16-12-10-13-17-37)60-50(68)42(31-39-20-22-41(23-21-39)64(73)74)59-48(66)36(6)57-47(65)35(5)58-49(67)44(30-38-18-14-11-15-19-38)62-54(72)76-55(7,8)9/h10-27,33-36,42-46H,28-32H2,1-9H3,(H,57,65)(H,58,67)(H,59,66)(H,60,68)(H,61,70)(H,62,72)(H,63,69). The third kappa shape index (κ3) is 20.6. The van der Waals surface area contributed by atoms with E-state index in [9.17, 15) is 48.5 Å². The lowest BCUT2D eigenvalue weighted by molar-refractivity contribution is -0.384. The molecule has 7 amide bonds. The quantitative estimate of drug-likeness (QED) is 0.0263. The van der Waals surface area contributed by atoms with E-state index in [2.05, 4.69) is 42.2 Å². The van der Waals surface area contributed by atoms with Gasteiger partial charge < -0.3 is 46.7 Å². The highest BCUT2D eigenvalue weighted by molar-refractivity contribution is 5.97. The van der Waals surface area contributed by atoms with Gasteiger partial charge in [0.25, 0.3) is 5.69 Å². The molecule has 0 aliphatic carbocycles. The Bertz CT molecular complexity index is 2600. The Morgan fingerprint density at radius 1 is 0.526 bits per heavy atom. The van der Waals surface area contributed by atoms with Crippen LogP contribution in [0.15, 0.2) is 109 Å². The van der Waals surface area contributed by atoms with Crippen molar-refractivity contribution in [3.8, 4) is 0 Å². The average Bonchev–Trinajstić information content (AvgIpc) is 3.36. The fourth-order valence-electron chi connectivity index (χ4n) is 7.59. The third-order valence-corrected chi connectivity index (χ3v) is 11.6. The van der Waals surface area contributed by atoms with Gasteiger partial charge in [0.1, 0.15) is 54.5 Å². The van der Waals surface area contributed by atoms with Gasteiger partial charge in [-0.15, -0.1) is 0 Å². The van der Waals surface area contributed by atoms with Crippen molar-refractivity contribution in [2.45, 2.75) is 142 Å². The predicted octanol–water partition coefficient (Wildman–Crippen LogP) is 4.31. The van der Waals surface area contributed by atoms with E-state index in [-0.39, 0.29) is 43.9 Å². The second kappa shape index (κ2) is 29.0. The van der Waals surface area contributed by atoms with E-state index in [0.29, 0.717) is 22.3 Å². The average molecular weight is 1050 g/mol. The summed E-state index contributed by atoms with van der Waals surface area (Å²) in [5.74, 6) is -5.87. The van der Waals surface area contributed by atoms with E-state index in [1.54, 1.807) is 120 Å². The summed E-state index contributed by atoms with van der Waals surface area (Å²) in [4.78, 5) is 125. The van der Waals surface area contributed by atoms with E-state index in [1.165, 1.54) is 38.1 Å². The van der Waals surface area contributed by atoms with Crippen molar-refractivity contribution in [3.63, 3.8) is 0 Å². The van der Waals surface area contributed by atoms with Crippen LogP contribution in [-0.4, -0.2) is 105 Å². The zero-order chi connectivity index (χ0) is 56.1. The molecule has 7 unspecified atom stereocenters. The molecule has 4 aromatic rings. The first-order valence-electron chi connectivity index (χ1n) is 25.1. The summed E-state index contributed by atoms with van der Waals surface area (Å²) < 4.78 is 10.9. The molecule has 0 aliphatic heterocycles. The van der Waals surface area contributed by atoms with E-state index < -0.39 is 106 Å². The van der Waals surface area contributed by atoms with Crippen LogP contribution in [-0.2, 0) is 68.9 Å². The number of amides is 7. The summed E-state index contributed by atoms with van der Waals surface area (Å²) in [6.07, 6.45) is 2.26. The summed E-state index contributed by atoms with van der Waals surface area (Å²) in [7, 11) is 0. The van der Waals surface area contributed by atoms with E-state index >= 15 is 0 Å². The number of non-ortho nitro benzene ring substituents is 1.